The molecule has 21 heavy (non-hydrogen) atoms. The second-order valence-corrected chi connectivity index (χ2v) is 4.93. The number of nitrogens with one attached hydrogen (secondary N) is 2. The van der Waals surface area contributed by atoms with Crippen LogP contribution in [0.25, 0.3) is 0 Å². The van der Waals surface area contributed by atoms with Crippen LogP contribution < -0.4 is 15.4 Å². The van der Waals surface area contributed by atoms with Crippen molar-refractivity contribution in [3.8, 4) is 5.75 Å². The van der Waals surface area contributed by atoms with Gasteiger partial charge in [0.2, 0.25) is 0 Å². The van der Waals surface area contributed by atoms with E-state index in [1.807, 2.05) is 38.1 Å². The Morgan fingerprint density at radius 2 is 2.19 bits per heavy atom. The van der Waals surface area contributed by atoms with Gasteiger partial charge in [0.1, 0.15) is 11.9 Å². The van der Waals surface area contributed by atoms with Gasteiger partial charge in [0.25, 0.3) is 0 Å². The van der Waals surface area contributed by atoms with Gasteiger partial charge in [-0.05, 0) is 25.5 Å². The largest absolute Gasteiger partial charge is 0.489 e. The second kappa shape index (κ2) is 6.78. The Morgan fingerprint density at radius 1 is 1.43 bits per heavy atom. The molecule has 1 atom stereocenters. The molecule has 0 aliphatic heterocycles. The van der Waals surface area contributed by atoms with E-state index in [0.29, 0.717) is 12.2 Å². The number of urea groups is 1. The summed E-state index contributed by atoms with van der Waals surface area (Å²) in [6, 6.07) is 7.53. The molecule has 0 spiro atoms. The van der Waals surface area contributed by atoms with E-state index in [1.165, 1.54) is 0 Å². The Balaban J connectivity index is 1.77. The summed E-state index contributed by atoms with van der Waals surface area (Å²) in [5, 5.41) is 9.45. The minimum absolute atomic E-state index is 0.120. The molecule has 6 nitrogen and oxygen atoms in total. The first-order valence-electron chi connectivity index (χ1n) is 6.80. The lowest BCUT2D eigenvalue weighted by Gasteiger charge is -2.17. The van der Waals surface area contributed by atoms with Gasteiger partial charge in [0.15, 0.2) is 0 Å². The number of para-hydroxylation sites is 1. The van der Waals surface area contributed by atoms with E-state index in [0.717, 1.165) is 11.3 Å². The van der Waals surface area contributed by atoms with Gasteiger partial charge in [-0.1, -0.05) is 18.2 Å². The molecule has 0 bridgehead atoms. The Labute approximate surface area is 124 Å². The first kappa shape index (κ1) is 14.9. The zero-order valence-corrected chi connectivity index (χ0v) is 12.5. The Morgan fingerprint density at radius 3 is 2.86 bits per heavy atom. The van der Waals surface area contributed by atoms with Gasteiger partial charge in [-0.3, -0.25) is 4.68 Å². The Bertz CT molecular complexity index is 609. The SMILES string of the molecule is Cc1ccccc1O[C@H](C)CNC(=O)Nc1cnn(C)c1. The number of carbonyl (C=O) groups excluding carboxylic acids is 1. The van der Waals surface area contributed by atoms with Crippen molar-refractivity contribution >= 4 is 11.7 Å². The number of hydrogen-bond acceptors (Lipinski definition) is 3. The molecule has 0 saturated carbocycles. The van der Waals surface area contributed by atoms with E-state index >= 15 is 0 Å². The molecule has 2 rings (SSSR count). The van der Waals surface area contributed by atoms with Crippen LogP contribution >= 0.6 is 0 Å². The molecule has 0 aliphatic carbocycles. The quantitative estimate of drug-likeness (QED) is 0.887. The number of hydrogen-bond donors (Lipinski definition) is 2. The zero-order chi connectivity index (χ0) is 15.2. The van der Waals surface area contributed by atoms with E-state index in [-0.39, 0.29) is 12.1 Å². The van der Waals surface area contributed by atoms with E-state index in [2.05, 4.69) is 15.7 Å². The average molecular weight is 288 g/mol. The lowest BCUT2D eigenvalue weighted by molar-refractivity contribution is 0.211. The van der Waals surface area contributed by atoms with Gasteiger partial charge in [-0.15, -0.1) is 0 Å². The first-order valence-corrected chi connectivity index (χ1v) is 6.80. The summed E-state index contributed by atoms with van der Waals surface area (Å²) in [6.07, 6.45) is 3.20. The molecule has 1 aromatic carbocycles. The summed E-state index contributed by atoms with van der Waals surface area (Å²) in [7, 11) is 1.79. The highest BCUT2D eigenvalue weighted by Gasteiger charge is 2.08. The fourth-order valence-electron chi connectivity index (χ4n) is 1.84. The number of nitrogens with zero attached hydrogens (tertiary/aromatic N) is 2. The van der Waals surface area contributed by atoms with Crippen molar-refractivity contribution < 1.29 is 9.53 Å². The van der Waals surface area contributed by atoms with Crippen LogP contribution in [-0.2, 0) is 7.05 Å². The van der Waals surface area contributed by atoms with Crippen molar-refractivity contribution in [2.75, 3.05) is 11.9 Å². The summed E-state index contributed by atoms with van der Waals surface area (Å²) in [5.41, 5.74) is 1.73. The van der Waals surface area contributed by atoms with E-state index < -0.39 is 0 Å². The maximum Gasteiger partial charge on any atom is 0.319 e. The molecule has 1 heterocycles. The fraction of sp³-hybridized carbons (Fsp3) is 0.333. The Kier molecular flexibility index (Phi) is 4.81. The summed E-state index contributed by atoms with van der Waals surface area (Å²) in [6.45, 7) is 4.32. The summed E-state index contributed by atoms with van der Waals surface area (Å²) >= 11 is 0. The van der Waals surface area contributed by atoms with Crippen molar-refractivity contribution in [3.05, 3.63) is 42.2 Å². The van der Waals surface area contributed by atoms with Crippen molar-refractivity contribution in [3.63, 3.8) is 0 Å². The normalized spacial score (nSPS) is 11.8. The number of aryl methyl sites for hydroxylation is 2. The first-order chi connectivity index (χ1) is 10.0. The van der Waals surface area contributed by atoms with E-state index in [4.69, 9.17) is 4.74 Å². The van der Waals surface area contributed by atoms with Crippen molar-refractivity contribution in [2.45, 2.75) is 20.0 Å². The number of aromatic nitrogens is 2. The highest BCUT2D eigenvalue weighted by atomic mass is 16.5. The third-order valence-corrected chi connectivity index (χ3v) is 2.93. The van der Waals surface area contributed by atoms with Crippen molar-refractivity contribution in [1.29, 1.82) is 0 Å². The number of ether oxygens (including phenoxy) is 1. The molecule has 2 N–H and O–H groups in total. The maximum absolute atomic E-state index is 11.7. The highest BCUT2D eigenvalue weighted by molar-refractivity contribution is 5.88. The van der Waals surface area contributed by atoms with E-state index in [9.17, 15) is 4.79 Å². The van der Waals surface area contributed by atoms with Gasteiger partial charge in [0.05, 0.1) is 18.4 Å². The fourth-order valence-corrected chi connectivity index (χ4v) is 1.84. The molecular weight excluding hydrogens is 268 g/mol. The predicted molar refractivity (Wildman–Crippen MR) is 81.5 cm³/mol. The lowest BCUT2D eigenvalue weighted by Crippen LogP contribution is -2.36. The van der Waals surface area contributed by atoms with Gasteiger partial charge < -0.3 is 15.4 Å². The van der Waals surface area contributed by atoms with Crippen LogP contribution in [0.1, 0.15) is 12.5 Å². The molecule has 0 unspecified atom stereocenters. The topological polar surface area (TPSA) is 68.2 Å². The van der Waals surface area contributed by atoms with Crippen molar-refractivity contribution in [1.82, 2.24) is 15.1 Å². The lowest BCUT2D eigenvalue weighted by atomic mass is 10.2. The minimum Gasteiger partial charge on any atom is -0.489 e. The summed E-state index contributed by atoms with van der Waals surface area (Å²) in [5.74, 6) is 0.833. The number of amides is 2. The highest BCUT2D eigenvalue weighted by Crippen LogP contribution is 2.17. The third-order valence-electron chi connectivity index (χ3n) is 2.93. The molecule has 2 aromatic rings. The van der Waals surface area contributed by atoms with Crippen LogP contribution in [0.4, 0.5) is 10.5 Å². The molecule has 112 valence electrons. The summed E-state index contributed by atoms with van der Waals surface area (Å²) < 4.78 is 7.42. The number of carbonyl (C=O) groups is 1. The van der Waals surface area contributed by atoms with Crippen LogP contribution in [0.15, 0.2) is 36.7 Å². The van der Waals surface area contributed by atoms with Crippen LogP contribution in [-0.4, -0.2) is 28.5 Å². The minimum atomic E-state index is -0.275. The molecule has 0 aliphatic rings. The predicted octanol–water partition coefficient (Wildman–Crippen LogP) is 2.32. The van der Waals surface area contributed by atoms with Crippen LogP contribution in [0, 0.1) is 6.92 Å². The molecule has 2 amide bonds. The average Bonchev–Trinajstić information content (AvgIpc) is 2.84. The van der Waals surface area contributed by atoms with Crippen LogP contribution in [0.5, 0.6) is 5.75 Å². The van der Waals surface area contributed by atoms with Crippen LogP contribution in [0.2, 0.25) is 0 Å². The number of anilines is 1. The smallest absolute Gasteiger partial charge is 0.319 e. The summed E-state index contributed by atoms with van der Waals surface area (Å²) in [4.78, 5) is 11.7. The molecule has 0 radical (unpaired) electrons. The third kappa shape index (κ3) is 4.52. The Hall–Kier alpha value is -2.50. The second-order valence-electron chi connectivity index (χ2n) is 4.93. The zero-order valence-electron chi connectivity index (χ0n) is 12.5. The molecule has 0 fully saturated rings. The van der Waals surface area contributed by atoms with Crippen molar-refractivity contribution in [2.24, 2.45) is 7.05 Å². The molecule has 1 aromatic heterocycles. The van der Waals surface area contributed by atoms with Crippen LogP contribution in [0.3, 0.4) is 0 Å². The molecule has 0 saturated heterocycles. The van der Waals surface area contributed by atoms with Gasteiger partial charge >= 0.3 is 6.03 Å². The van der Waals surface area contributed by atoms with E-state index in [1.54, 1.807) is 24.1 Å². The number of rotatable bonds is 5. The standard InChI is InChI=1S/C15H20N4O2/c1-11-6-4-5-7-14(11)21-12(2)8-16-15(20)18-13-9-17-19(3)10-13/h4-7,9-10,12H,8H2,1-3H3,(H2,16,18,20)/t12-/m1/s1. The van der Waals surface area contributed by atoms with Gasteiger partial charge in [-0.25, -0.2) is 4.79 Å². The molecule has 6 heteroatoms. The molecular formula is C15H20N4O2. The monoisotopic (exact) mass is 288 g/mol. The maximum atomic E-state index is 11.7. The van der Waals surface area contributed by atoms with Gasteiger partial charge in [-0.2, -0.15) is 5.10 Å². The number of benzene rings is 1. The van der Waals surface area contributed by atoms with Gasteiger partial charge in [0, 0.05) is 13.2 Å².